The molecule has 3 rings (SSSR count). The number of carbonyl (C=O) groups is 1. The molecule has 0 aromatic heterocycles. The number of likely N-dealkylation sites (N-methyl/N-ethyl adjacent to an activating group) is 1. The van der Waals surface area contributed by atoms with Gasteiger partial charge in [0.15, 0.2) is 5.78 Å². The van der Waals surface area contributed by atoms with Gasteiger partial charge in [-0.15, -0.1) is 0 Å². The van der Waals surface area contributed by atoms with Crippen molar-refractivity contribution in [2.75, 3.05) is 14.1 Å². The van der Waals surface area contributed by atoms with Crippen molar-refractivity contribution >= 4 is 5.78 Å². The molecule has 3 aromatic carbocycles. The van der Waals surface area contributed by atoms with Crippen LogP contribution in [0.15, 0.2) is 91.0 Å². The van der Waals surface area contributed by atoms with Crippen LogP contribution in [0, 0.1) is 11.3 Å². The standard InChI is InChI=1S/C25H24N2O/c1-27(2)25(19-26,22-16-10-5-11-17-22)23(20-12-6-3-7-13-20)18-24(28)21-14-8-4-9-15-21/h3-17,23H,18H2,1-2H3/p+1/t23-,25+/m0/s1. The summed E-state index contributed by atoms with van der Waals surface area (Å²) in [7, 11) is 3.97. The number of Topliss-reactive ketones (excluding diaryl/α,β-unsaturated/α-hetero) is 1. The van der Waals surface area contributed by atoms with Crippen LogP contribution in [0.2, 0.25) is 0 Å². The molecule has 0 saturated carbocycles. The van der Waals surface area contributed by atoms with E-state index in [1.54, 1.807) is 0 Å². The van der Waals surface area contributed by atoms with Crippen LogP contribution in [-0.2, 0) is 5.54 Å². The second kappa shape index (κ2) is 8.65. The number of quaternary nitrogens is 1. The predicted octanol–water partition coefficient (Wildman–Crippen LogP) is 3.61. The summed E-state index contributed by atoms with van der Waals surface area (Å²) in [4.78, 5) is 14.1. The number of ketones is 1. The number of hydrogen-bond acceptors (Lipinski definition) is 2. The highest BCUT2D eigenvalue weighted by Crippen LogP contribution is 2.37. The Labute approximate surface area is 166 Å². The first kappa shape index (κ1) is 19.5. The minimum atomic E-state index is -0.882. The lowest BCUT2D eigenvalue weighted by atomic mass is 9.71. The number of nitrogens with one attached hydrogen (secondary N) is 1. The summed E-state index contributed by atoms with van der Waals surface area (Å²) in [5.41, 5.74) is 1.72. The molecule has 2 atom stereocenters. The topological polar surface area (TPSA) is 45.3 Å². The smallest absolute Gasteiger partial charge is 0.217 e. The number of nitrogens with zero attached hydrogens (tertiary/aromatic N) is 1. The van der Waals surface area contributed by atoms with Gasteiger partial charge in [-0.3, -0.25) is 4.79 Å². The van der Waals surface area contributed by atoms with Crippen LogP contribution in [0.3, 0.4) is 0 Å². The minimum Gasteiger partial charge on any atom is -0.319 e. The van der Waals surface area contributed by atoms with E-state index in [4.69, 9.17) is 0 Å². The molecule has 3 heteroatoms. The largest absolute Gasteiger partial charge is 0.319 e. The Morgan fingerprint density at radius 3 is 1.89 bits per heavy atom. The summed E-state index contributed by atoms with van der Waals surface area (Å²) >= 11 is 0. The zero-order valence-corrected chi connectivity index (χ0v) is 16.3. The van der Waals surface area contributed by atoms with E-state index in [1.165, 1.54) is 0 Å². The molecule has 28 heavy (non-hydrogen) atoms. The molecule has 3 nitrogen and oxygen atoms in total. The second-order valence-corrected chi connectivity index (χ2v) is 7.24. The first-order valence-corrected chi connectivity index (χ1v) is 9.50. The molecular formula is C25H25N2O+. The number of carbonyl (C=O) groups excluding carboxylic acids is 1. The third-order valence-corrected chi connectivity index (χ3v) is 5.40. The monoisotopic (exact) mass is 369 g/mol. The Morgan fingerprint density at radius 1 is 0.893 bits per heavy atom. The van der Waals surface area contributed by atoms with Crippen LogP contribution < -0.4 is 4.90 Å². The van der Waals surface area contributed by atoms with Crippen LogP contribution in [0.1, 0.15) is 33.8 Å². The van der Waals surface area contributed by atoms with Crippen LogP contribution in [0.5, 0.6) is 0 Å². The third-order valence-electron chi connectivity index (χ3n) is 5.40. The van der Waals surface area contributed by atoms with Gasteiger partial charge < -0.3 is 4.90 Å². The fourth-order valence-electron chi connectivity index (χ4n) is 3.93. The first-order chi connectivity index (χ1) is 13.6. The highest BCUT2D eigenvalue weighted by molar-refractivity contribution is 5.96. The number of benzene rings is 3. The van der Waals surface area contributed by atoms with Crippen LogP contribution >= 0.6 is 0 Å². The molecule has 0 amide bonds. The molecule has 0 aliphatic heterocycles. The number of rotatable bonds is 7. The van der Waals surface area contributed by atoms with E-state index in [0.717, 1.165) is 16.0 Å². The fraction of sp³-hybridized carbons (Fsp3) is 0.200. The molecule has 0 saturated heterocycles. The van der Waals surface area contributed by atoms with E-state index in [1.807, 2.05) is 105 Å². The Bertz CT molecular complexity index is 946. The van der Waals surface area contributed by atoms with Gasteiger partial charge >= 0.3 is 0 Å². The zero-order valence-electron chi connectivity index (χ0n) is 16.3. The molecule has 0 spiro atoms. The minimum absolute atomic E-state index is 0.0475. The highest BCUT2D eigenvalue weighted by atomic mass is 16.1. The maximum Gasteiger partial charge on any atom is 0.217 e. The molecule has 1 N–H and O–H groups in total. The Balaban J connectivity index is 2.14. The summed E-state index contributed by atoms with van der Waals surface area (Å²) in [5, 5.41) is 10.4. The first-order valence-electron chi connectivity index (χ1n) is 9.50. The summed E-state index contributed by atoms with van der Waals surface area (Å²) in [6.45, 7) is 0. The zero-order chi connectivity index (χ0) is 20.0. The van der Waals surface area contributed by atoms with E-state index in [2.05, 4.69) is 6.07 Å². The molecule has 0 heterocycles. The number of nitriles is 1. The van der Waals surface area contributed by atoms with Crippen molar-refractivity contribution in [3.8, 4) is 6.07 Å². The van der Waals surface area contributed by atoms with Gasteiger partial charge in [0.05, 0.1) is 20.0 Å². The average molecular weight is 369 g/mol. The van der Waals surface area contributed by atoms with E-state index in [9.17, 15) is 10.1 Å². The third kappa shape index (κ3) is 3.74. The van der Waals surface area contributed by atoms with Gasteiger partial charge in [0, 0.05) is 17.5 Å². The second-order valence-electron chi connectivity index (χ2n) is 7.24. The molecule has 0 aliphatic carbocycles. The van der Waals surface area contributed by atoms with Crippen LogP contribution in [0.25, 0.3) is 0 Å². The van der Waals surface area contributed by atoms with E-state index >= 15 is 0 Å². The van der Waals surface area contributed by atoms with Gasteiger partial charge in [-0.1, -0.05) is 91.0 Å². The van der Waals surface area contributed by atoms with Crippen molar-refractivity contribution in [1.29, 1.82) is 5.26 Å². The molecule has 0 aliphatic rings. The van der Waals surface area contributed by atoms with Crippen LogP contribution in [0.4, 0.5) is 0 Å². The van der Waals surface area contributed by atoms with Crippen molar-refractivity contribution in [3.63, 3.8) is 0 Å². The fourth-order valence-corrected chi connectivity index (χ4v) is 3.93. The van der Waals surface area contributed by atoms with E-state index < -0.39 is 5.54 Å². The molecule has 0 unspecified atom stereocenters. The Morgan fingerprint density at radius 2 is 1.39 bits per heavy atom. The van der Waals surface area contributed by atoms with Gasteiger partial charge in [-0.05, 0) is 5.56 Å². The maximum absolute atomic E-state index is 13.1. The predicted molar refractivity (Wildman–Crippen MR) is 111 cm³/mol. The summed E-state index contributed by atoms with van der Waals surface area (Å²) < 4.78 is 0. The summed E-state index contributed by atoms with van der Waals surface area (Å²) in [5.74, 6) is -0.231. The molecule has 0 bridgehead atoms. The molecule has 140 valence electrons. The molecule has 0 fully saturated rings. The highest BCUT2D eigenvalue weighted by Gasteiger charge is 2.48. The van der Waals surface area contributed by atoms with Gasteiger partial charge in [-0.2, -0.15) is 5.26 Å². The van der Waals surface area contributed by atoms with Crippen LogP contribution in [-0.4, -0.2) is 19.9 Å². The number of hydrogen-bond donors (Lipinski definition) is 1. The molecular weight excluding hydrogens is 344 g/mol. The van der Waals surface area contributed by atoms with Gasteiger partial charge in [0.1, 0.15) is 6.07 Å². The lowest BCUT2D eigenvalue weighted by molar-refractivity contribution is -0.916. The summed E-state index contributed by atoms with van der Waals surface area (Å²) in [6, 6.07) is 31.7. The Kier molecular flexibility index (Phi) is 6.03. The lowest BCUT2D eigenvalue weighted by Crippen LogP contribution is -3.14. The Hall–Kier alpha value is -3.22. The average Bonchev–Trinajstić information content (AvgIpc) is 2.75. The quantitative estimate of drug-likeness (QED) is 0.647. The van der Waals surface area contributed by atoms with Crippen molar-refractivity contribution in [2.24, 2.45) is 0 Å². The normalized spacial score (nSPS) is 14.1. The van der Waals surface area contributed by atoms with Crippen molar-refractivity contribution in [2.45, 2.75) is 17.9 Å². The van der Waals surface area contributed by atoms with Crippen molar-refractivity contribution in [3.05, 3.63) is 108 Å². The van der Waals surface area contributed by atoms with Crippen molar-refractivity contribution < 1.29 is 9.69 Å². The van der Waals surface area contributed by atoms with Gasteiger partial charge in [-0.25, -0.2) is 0 Å². The van der Waals surface area contributed by atoms with E-state index in [-0.39, 0.29) is 18.1 Å². The van der Waals surface area contributed by atoms with Gasteiger partial charge in [0.2, 0.25) is 5.54 Å². The van der Waals surface area contributed by atoms with E-state index in [0.29, 0.717) is 5.56 Å². The molecule has 3 aromatic rings. The maximum atomic E-state index is 13.1. The molecule has 0 radical (unpaired) electrons. The summed E-state index contributed by atoms with van der Waals surface area (Å²) in [6.07, 6.45) is 0.266. The van der Waals surface area contributed by atoms with Gasteiger partial charge in [0.25, 0.3) is 0 Å². The SMILES string of the molecule is C[NH+](C)[C@](C#N)(c1ccccc1)[C@@H](CC(=O)c1ccccc1)c1ccccc1. The van der Waals surface area contributed by atoms with Crippen molar-refractivity contribution in [1.82, 2.24) is 0 Å². The lowest BCUT2D eigenvalue weighted by Gasteiger charge is -2.37.